The number of anilines is 2. The Morgan fingerprint density at radius 3 is 2.54 bits per heavy atom. The molecule has 0 saturated heterocycles. The van der Waals surface area contributed by atoms with E-state index in [4.69, 9.17) is 4.74 Å². The smallest absolute Gasteiger partial charge is 0.258 e. The number of ether oxygens (including phenoxy) is 1. The normalized spacial score (nSPS) is 12.5. The summed E-state index contributed by atoms with van der Waals surface area (Å²) in [5, 5.41) is 4.80. The summed E-state index contributed by atoms with van der Waals surface area (Å²) in [5.41, 5.74) is 3.24. The van der Waals surface area contributed by atoms with Crippen LogP contribution in [0.15, 0.2) is 54.6 Å². The minimum atomic E-state index is -0.0958. The van der Waals surface area contributed by atoms with Crippen LogP contribution in [-0.2, 0) is 11.2 Å². The molecule has 5 heteroatoms. The van der Waals surface area contributed by atoms with Gasteiger partial charge in [-0.15, -0.1) is 0 Å². The first-order chi connectivity index (χ1) is 13.6. The molecule has 3 aromatic rings. The Morgan fingerprint density at radius 1 is 1.04 bits per heavy atom. The van der Waals surface area contributed by atoms with E-state index in [9.17, 15) is 9.59 Å². The molecule has 142 valence electrons. The number of nitrogens with one attached hydrogen (secondary N) is 1. The third-order valence-corrected chi connectivity index (χ3v) is 4.97. The number of hydrogen-bond donors (Lipinski definition) is 1. The van der Waals surface area contributed by atoms with Crippen LogP contribution in [0.4, 0.5) is 11.4 Å². The topological polar surface area (TPSA) is 58.6 Å². The van der Waals surface area contributed by atoms with Crippen molar-refractivity contribution in [1.29, 1.82) is 0 Å². The van der Waals surface area contributed by atoms with Crippen LogP contribution >= 0.6 is 0 Å². The fourth-order valence-corrected chi connectivity index (χ4v) is 3.72. The lowest BCUT2D eigenvalue weighted by Gasteiger charge is -2.15. The quantitative estimate of drug-likeness (QED) is 0.696. The fraction of sp³-hybridized carbons (Fsp3) is 0.217. The van der Waals surface area contributed by atoms with Gasteiger partial charge in [-0.1, -0.05) is 24.3 Å². The van der Waals surface area contributed by atoms with Crippen LogP contribution in [0.2, 0.25) is 0 Å². The molecule has 2 amide bonds. The molecule has 1 heterocycles. The Morgan fingerprint density at radius 2 is 1.82 bits per heavy atom. The van der Waals surface area contributed by atoms with Crippen LogP contribution in [0.5, 0.6) is 5.75 Å². The van der Waals surface area contributed by atoms with Crippen molar-refractivity contribution >= 4 is 34.0 Å². The molecule has 0 aliphatic carbocycles. The van der Waals surface area contributed by atoms with E-state index in [2.05, 4.69) is 5.32 Å². The molecule has 0 aromatic heterocycles. The van der Waals surface area contributed by atoms with Crippen LogP contribution in [0.1, 0.15) is 29.8 Å². The number of carbonyl (C=O) groups is 2. The van der Waals surface area contributed by atoms with Gasteiger partial charge in [0.05, 0.1) is 18.7 Å². The Labute approximate surface area is 163 Å². The molecular formula is C23H22N2O3. The van der Waals surface area contributed by atoms with Crippen molar-refractivity contribution in [1.82, 2.24) is 0 Å². The van der Waals surface area contributed by atoms with Crippen molar-refractivity contribution in [2.75, 3.05) is 23.4 Å². The monoisotopic (exact) mass is 374 g/mol. The summed E-state index contributed by atoms with van der Waals surface area (Å²) in [6.07, 6.45) is 0.273. The third kappa shape index (κ3) is 3.09. The second kappa shape index (κ2) is 7.35. The third-order valence-electron chi connectivity index (χ3n) is 4.97. The molecule has 0 atom stereocenters. The summed E-state index contributed by atoms with van der Waals surface area (Å²) in [5.74, 6) is 0.715. The number of nitrogens with zero attached hydrogens (tertiary/aromatic N) is 1. The van der Waals surface area contributed by atoms with E-state index < -0.39 is 0 Å². The molecule has 0 fully saturated rings. The summed E-state index contributed by atoms with van der Waals surface area (Å²) in [4.78, 5) is 26.9. The summed E-state index contributed by atoms with van der Waals surface area (Å²) in [6, 6.07) is 17.0. The van der Waals surface area contributed by atoms with E-state index in [1.54, 1.807) is 4.90 Å². The first-order valence-electron chi connectivity index (χ1n) is 9.51. The van der Waals surface area contributed by atoms with E-state index in [1.807, 2.05) is 68.4 Å². The summed E-state index contributed by atoms with van der Waals surface area (Å²) in [6.45, 7) is 5.13. The summed E-state index contributed by atoms with van der Waals surface area (Å²) < 4.78 is 5.43. The number of carbonyl (C=O) groups excluding carboxylic acids is 2. The van der Waals surface area contributed by atoms with Gasteiger partial charge in [0.1, 0.15) is 5.75 Å². The molecular weight excluding hydrogens is 352 g/mol. The van der Waals surface area contributed by atoms with Crippen molar-refractivity contribution in [3.63, 3.8) is 0 Å². The molecule has 3 aromatic carbocycles. The average Bonchev–Trinajstić information content (AvgIpc) is 2.98. The largest absolute Gasteiger partial charge is 0.494 e. The van der Waals surface area contributed by atoms with Gasteiger partial charge in [-0.2, -0.15) is 0 Å². The molecule has 0 spiro atoms. The Bertz CT molecular complexity index is 1060. The van der Waals surface area contributed by atoms with Gasteiger partial charge in [-0.3, -0.25) is 9.59 Å². The first kappa shape index (κ1) is 18.0. The van der Waals surface area contributed by atoms with Crippen LogP contribution in [0.25, 0.3) is 10.8 Å². The molecule has 28 heavy (non-hydrogen) atoms. The predicted octanol–water partition coefficient (Wildman–Crippen LogP) is 4.40. The van der Waals surface area contributed by atoms with Gasteiger partial charge in [0.25, 0.3) is 5.91 Å². The van der Waals surface area contributed by atoms with Gasteiger partial charge in [0.2, 0.25) is 5.91 Å². The lowest BCUT2D eigenvalue weighted by Crippen LogP contribution is -2.25. The summed E-state index contributed by atoms with van der Waals surface area (Å²) >= 11 is 0. The molecule has 0 bridgehead atoms. The van der Waals surface area contributed by atoms with Gasteiger partial charge in [0.15, 0.2) is 0 Å². The Balaban J connectivity index is 1.58. The van der Waals surface area contributed by atoms with Crippen LogP contribution < -0.4 is 15.0 Å². The number of hydrogen-bond acceptors (Lipinski definition) is 3. The first-order valence-corrected chi connectivity index (χ1v) is 9.51. The van der Waals surface area contributed by atoms with Gasteiger partial charge in [-0.05, 0) is 49.7 Å². The van der Waals surface area contributed by atoms with Gasteiger partial charge in [0, 0.05) is 28.6 Å². The molecule has 1 aliphatic rings. The summed E-state index contributed by atoms with van der Waals surface area (Å²) in [7, 11) is 0. The Kier molecular flexibility index (Phi) is 4.74. The van der Waals surface area contributed by atoms with E-state index >= 15 is 0 Å². The highest BCUT2D eigenvalue weighted by atomic mass is 16.5. The molecule has 0 radical (unpaired) electrons. The lowest BCUT2D eigenvalue weighted by atomic mass is 10.0. The highest BCUT2D eigenvalue weighted by Gasteiger charge is 2.29. The van der Waals surface area contributed by atoms with Crippen molar-refractivity contribution in [2.45, 2.75) is 20.3 Å². The maximum atomic E-state index is 12.6. The lowest BCUT2D eigenvalue weighted by molar-refractivity contribution is -0.115. The van der Waals surface area contributed by atoms with Crippen LogP contribution in [0, 0.1) is 0 Å². The molecule has 1 N–H and O–H groups in total. The van der Waals surface area contributed by atoms with Crippen molar-refractivity contribution in [3.05, 3.63) is 65.7 Å². The fourth-order valence-electron chi connectivity index (χ4n) is 3.72. The predicted molar refractivity (Wildman–Crippen MR) is 111 cm³/mol. The minimum Gasteiger partial charge on any atom is -0.494 e. The van der Waals surface area contributed by atoms with Crippen LogP contribution in [-0.4, -0.2) is 25.0 Å². The highest BCUT2D eigenvalue weighted by Crippen LogP contribution is 2.40. The Hall–Kier alpha value is -3.34. The molecule has 0 unspecified atom stereocenters. The standard InChI is InChI=1S/C23H22N2O3/c1-3-25-20-13-12-19(17-6-5-7-18(22(17)20)23(25)27)24-21(26)14-15-8-10-16(11-9-15)28-4-2/h5-13H,3-4,14H2,1-2H3,(H,24,26). The second-order valence-corrected chi connectivity index (χ2v) is 6.71. The van der Waals surface area contributed by atoms with Gasteiger partial charge < -0.3 is 15.0 Å². The number of benzene rings is 3. The zero-order chi connectivity index (χ0) is 19.7. The molecule has 1 aliphatic heterocycles. The maximum Gasteiger partial charge on any atom is 0.258 e. The number of rotatable bonds is 6. The van der Waals surface area contributed by atoms with E-state index in [-0.39, 0.29) is 18.2 Å². The van der Waals surface area contributed by atoms with Crippen molar-refractivity contribution < 1.29 is 14.3 Å². The minimum absolute atomic E-state index is 0.0148. The maximum absolute atomic E-state index is 12.6. The zero-order valence-electron chi connectivity index (χ0n) is 16.0. The second-order valence-electron chi connectivity index (χ2n) is 6.71. The van der Waals surface area contributed by atoms with Crippen molar-refractivity contribution in [2.24, 2.45) is 0 Å². The van der Waals surface area contributed by atoms with Gasteiger partial charge in [-0.25, -0.2) is 0 Å². The zero-order valence-corrected chi connectivity index (χ0v) is 16.0. The molecule has 5 nitrogen and oxygen atoms in total. The highest BCUT2D eigenvalue weighted by molar-refractivity contribution is 6.27. The van der Waals surface area contributed by atoms with Crippen molar-refractivity contribution in [3.8, 4) is 5.75 Å². The molecule has 0 saturated carbocycles. The average molecular weight is 374 g/mol. The SMILES string of the molecule is CCOc1ccc(CC(=O)Nc2ccc3c4c(cccc24)C(=O)N3CC)cc1. The van der Waals surface area contributed by atoms with E-state index in [0.717, 1.165) is 33.5 Å². The van der Waals surface area contributed by atoms with Crippen LogP contribution in [0.3, 0.4) is 0 Å². The number of amides is 2. The molecule has 4 rings (SSSR count). The van der Waals surface area contributed by atoms with E-state index in [0.29, 0.717) is 18.7 Å². The van der Waals surface area contributed by atoms with Gasteiger partial charge >= 0.3 is 0 Å². The van der Waals surface area contributed by atoms with E-state index in [1.165, 1.54) is 0 Å².